The molecule has 26 heavy (non-hydrogen) atoms. The molecule has 1 aromatic carbocycles. The molecule has 2 heterocycles. The fraction of sp³-hybridized carbons (Fsp3) is 0.118. The number of hydrogen-bond acceptors (Lipinski definition) is 7. The van der Waals surface area contributed by atoms with Crippen molar-refractivity contribution in [3.8, 4) is 0 Å². The summed E-state index contributed by atoms with van der Waals surface area (Å²) in [4.78, 5) is 47.5. The van der Waals surface area contributed by atoms with Gasteiger partial charge in [-0.1, -0.05) is 24.3 Å². The quantitative estimate of drug-likeness (QED) is 0.647. The van der Waals surface area contributed by atoms with Gasteiger partial charge in [0.25, 0.3) is 17.4 Å². The number of H-pyrrole nitrogens is 1. The van der Waals surface area contributed by atoms with Gasteiger partial charge in [0, 0.05) is 5.39 Å². The fourth-order valence-electron chi connectivity index (χ4n) is 2.27. The summed E-state index contributed by atoms with van der Waals surface area (Å²) in [6.45, 7) is -0.586. The van der Waals surface area contributed by atoms with Crippen LogP contribution < -0.4 is 10.9 Å². The molecule has 0 spiro atoms. The second-order valence-electron chi connectivity index (χ2n) is 5.24. The number of aromatic nitrogens is 2. The Hall–Kier alpha value is -3.33. The van der Waals surface area contributed by atoms with Crippen LogP contribution in [-0.4, -0.2) is 34.6 Å². The van der Waals surface area contributed by atoms with E-state index in [0.717, 1.165) is 0 Å². The van der Waals surface area contributed by atoms with Gasteiger partial charge in [0.15, 0.2) is 6.61 Å². The molecule has 0 saturated heterocycles. The average molecular weight is 371 g/mol. The van der Waals surface area contributed by atoms with Crippen molar-refractivity contribution >= 4 is 39.9 Å². The molecule has 0 aliphatic carbocycles. The van der Waals surface area contributed by atoms with E-state index >= 15 is 0 Å². The topological polar surface area (TPSA) is 118 Å². The molecule has 0 saturated carbocycles. The lowest BCUT2D eigenvalue weighted by atomic mass is 10.1. The van der Waals surface area contributed by atoms with Crippen LogP contribution in [0.4, 0.5) is 0 Å². The first-order valence-corrected chi connectivity index (χ1v) is 8.42. The smallest absolute Gasteiger partial charge is 0.312 e. The number of nitrogens with one attached hydrogen (secondary N) is 2. The maximum atomic E-state index is 11.9. The molecule has 0 aliphatic rings. The Morgan fingerprint density at radius 3 is 2.62 bits per heavy atom. The molecular formula is C17H13N3O5S. The van der Waals surface area contributed by atoms with Gasteiger partial charge in [-0.25, -0.2) is 5.10 Å². The SMILES string of the molecule is O=C(COC(=O)Cc1n[nH]c(=O)c2ccccc12)NC(=O)c1cccs1. The van der Waals surface area contributed by atoms with Crippen molar-refractivity contribution in [2.45, 2.75) is 6.42 Å². The van der Waals surface area contributed by atoms with Crippen molar-refractivity contribution < 1.29 is 19.1 Å². The Morgan fingerprint density at radius 2 is 1.88 bits per heavy atom. The lowest BCUT2D eigenvalue weighted by Crippen LogP contribution is -2.34. The zero-order valence-electron chi connectivity index (χ0n) is 13.4. The highest BCUT2D eigenvalue weighted by Crippen LogP contribution is 2.13. The van der Waals surface area contributed by atoms with Gasteiger partial charge in [0.1, 0.15) is 0 Å². The molecule has 0 aliphatic heterocycles. The molecule has 2 aromatic heterocycles. The van der Waals surface area contributed by atoms with E-state index in [0.29, 0.717) is 21.3 Å². The normalized spacial score (nSPS) is 10.5. The number of carbonyl (C=O) groups is 3. The van der Waals surface area contributed by atoms with Gasteiger partial charge in [-0.15, -0.1) is 11.3 Å². The predicted molar refractivity (Wildman–Crippen MR) is 93.8 cm³/mol. The number of rotatable bonds is 5. The van der Waals surface area contributed by atoms with Gasteiger partial charge in [-0.05, 0) is 17.5 Å². The van der Waals surface area contributed by atoms with Crippen LogP contribution in [0.25, 0.3) is 10.8 Å². The van der Waals surface area contributed by atoms with E-state index in [4.69, 9.17) is 4.74 Å². The number of benzene rings is 1. The zero-order chi connectivity index (χ0) is 18.5. The first kappa shape index (κ1) is 17.5. The number of ether oxygens (including phenoxy) is 1. The fourth-order valence-corrected chi connectivity index (χ4v) is 2.89. The van der Waals surface area contributed by atoms with E-state index in [1.807, 2.05) is 0 Å². The molecule has 2 amide bonds. The van der Waals surface area contributed by atoms with Crippen molar-refractivity contribution in [2.75, 3.05) is 6.61 Å². The zero-order valence-corrected chi connectivity index (χ0v) is 14.2. The van der Waals surface area contributed by atoms with E-state index in [9.17, 15) is 19.2 Å². The van der Waals surface area contributed by atoms with Crippen molar-refractivity contribution in [1.29, 1.82) is 0 Å². The van der Waals surface area contributed by atoms with E-state index < -0.39 is 24.4 Å². The average Bonchev–Trinajstić information content (AvgIpc) is 3.17. The molecule has 0 bridgehead atoms. The van der Waals surface area contributed by atoms with Gasteiger partial charge in [-0.3, -0.25) is 24.5 Å². The van der Waals surface area contributed by atoms with Crippen molar-refractivity contribution in [3.05, 3.63) is 62.7 Å². The Bertz CT molecular complexity index is 1030. The van der Waals surface area contributed by atoms with Crippen molar-refractivity contribution in [1.82, 2.24) is 15.5 Å². The number of imide groups is 1. The highest BCUT2D eigenvalue weighted by Gasteiger charge is 2.15. The molecule has 0 unspecified atom stereocenters. The second-order valence-corrected chi connectivity index (χ2v) is 6.18. The monoisotopic (exact) mass is 371 g/mol. The number of aromatic amines is 1. The molecule has 3 aromatic rings. The number of amides is 2. The second kappa shape index (κ2) is 7.70. The van der Waals surface area contributed by atoms with Crippen LogP contribution in [0.3, 0.4) is 0 Å². The van der Waals surface area contributed by atoms with Crippen molar-refractivity contribution in [3.63, 3.8) is 0 Å². The van der Waals surface area contributed by atoms with Crippen LogP contribution in [0.2, 0.25) is 0 Å². The Morgan fingerprint density at radius 1 is 1.12 bits per heavy atom. The van der Waals surface area contributed by atoms with Gasteiger partial charge >= 0.3 is 5.97 Å². The summed E-state index contributed by atoms with van der Waals surface area (Å²) in [6, 6.07) is 9.98. The Labute approximate surface area is 150 Å². The summed E-state index contributed by atoms with van der Waals surface area (Å²) in [7, 11) is 0. The first-order chi connectivity index (χ1) is 12.5. The lowest BCUT2D eigenvalue weighted by Gasteiger charge is -2.06. The molecule has 3 rings (SSSR count). The van der Waals surface area contributed by atoms with Crippen LogP contribution in [0.5, 0.6) is 0 Å². The molecular weight excluding hydrogens is 358 g/mol. The van der Waals surface area contributed by atoms with Crippen LogP contribution in [-0.2, 0) is 20.7 Å². The third-order valence-corrected chi connectivity index (χ3v) is 4.32. The highest BCUT2D eigenvalue weighted by atomic mass is 32.1. The minimum atomic E-state index is -0.726. The summed E-state index contributed by atoms with van der Waals surface area (Å²) in [5, 5.41) is 11.0. The van der Waals surface area contributed by atoms with Crippen LogP contribution in [0.15, 0.2) is 46.6 Å². The number of thiophene rings is 1. The Kier molecular flexibility index (Phi) is 5.18. The third kappa shape index (κ3) is 4.01. The first-order valence-electron chi connectivity index (χ1n) is 7.54. The highest BCUT2D eigenvalue weighted by molar-refractivity contribution is 7.12. The number of esters is 1. The summed E-state index contributed by atoms with van der Waals surface area (Å²) in [5.41, 5.74) is -0.0237. The number of fused-ring (bicyclic) bond motifs is 1. The lowest BCUT2D eigenvalue weighted by molar-refractivity contribution is -0.147. The predicted octanol–water partition coefficient (Wildman–Crippen LogP) is 1.03. The minimum absolute atomic E-state index is 0.219. The molecule has 2 N–H and O–H groups in total. The van der Waals surface area contributed by atoms with Gasteiger partial charge in [0.05, 0.1) is 22.4 Å². The van der Waals surface area contributed by atoms with Crippen molar-refractivity contribution in [2.24, 2.45) is 0 Å². The number of nitrogens with zero attached hydrogens (tertiary/aromatic N) is 1. The molecule has 0 atom stereocenters. The summed E-state index contributed by atoms with van der Waals surface area (Å²) < 4.78 is 4.87. The van der Waals surface area contributed by atoms with E-state index in [1.165, 1.54) is 11.3 Å². The molecule has 0 fully saturated rings. The minimum Gasteiger partial charge on any atom is -0.455 e. The van der Waals surface area contributed by atoms with E-state index in [-0.39, 0.29) is 12.0 Å². The van der Waals surface area contributed by atoms with E-state index in [1.54, 1.807) is 41.8 Å². The van der Waals surface area contributed by atoms with Crippen LogP contribution in [0.1, 0.15) is 15.4 Å². The molecule has 8 nitrogen and oxygen atoms in total. The molecule has 132 valence electrons. The summed E-state index contributed by atoms with van der Waals surface area (Å²) in [5.74, 6) is -1.97. The molecule has 0 radical (unpaired) electrons. The maximum Gasteiger partial charge on any atom is 0.312 e. The number of hydrogen-bond donors (Lipinski definition) is 2. The largest absolute Gasteiger partial charge is 0.455 e. The third-order valence-electron chi connectivity index (χ3n) is 3.45. The Balaban J connectivity index is 1.58. The standard InChI is InChI=1S/C17H13N3O5S/c21-14(18-17(24)13-6-3-7-26-13)9-25-15(22)8-12-10-4-1-2-5-11(10)16(23)20-19-12/h1-7H,8-9H2,(H,20,23)(H,18,21,24). The van der Waals surface area contributed by atoms with Gasteiger partial charge in [-0.2, -0.15) is 5.10 Å². The molecule has 9 heteroatoms. The van der Waals surface area contributed by atoms with Crippen LogP contribution in [0, 0.1) is 0 Å². The summed E-state index contributed by atoms with van der Waals surface area (Å²) in [6.07, 6.45) is -0.219. The summed E-state index contributed by atoms with van der Waals surface area (Å²) >= 11 is 1.19. The number of carbonyl (C=O) groups excluding carboxylic acids is 3. The van der Waals surface area contributed by atoms with Crippen LogP contribution >= 0.6 is 11.3 Å². The van der Waals surface area contributed by atoms with Gasteiger partial charge < -0.3 is 4.74 Å². The maximum absolute atomic E-state index is 11.9. The van der Waals surface area contributed by atoms with E-state index in [2.05, 4.69) is 15.5 Å². The van der Waals surface area contributed by atoms with Gasteiger partial charge in [0.2, 0.25) is 0 Å².